The molecule has 19 heavy (non-hydrogen) atoms. The van der Waals surface area contributed by atoms with Crippen molar-refractivity contribution in [3.63, 3.8) is 0 Å². The van der Waals surface area contributed by atoms with E-state index in [1.165, 1.54) is 0 Å². The Morgan fingerprint density at radius 1 is 1.32 bits per heavy atom. The van der Waals surface area contributed by atoms with Crippen LogP contribution in [0.2, 0.25) is 0 Å². The van der Waals surface area contributed by atoms with Gasteiger partial charge in [-0.3, -0.25) is 0 Å². The predicted molar refractivity (Wildman–Crippen MR) is 72.2 cm³/mol. The van der Waals surface area contributed by atoms with Crippen LogP contribution in [0.3, 0.4) is 0 Å². The van der Waals surface area contributed by atoms with Crippen LogP contribution in [0.5, 0.6) is 0 Å². The zero-order chi connectivity index (χ0) is 14.1. The molecule has 0 bridgehead atoms. The standard InChI is InChI=1S/C12H24N4O3/c1-5-16(10(2)9-18-4)12-15-14-11(19-12)8-13-6-7-17-3/h10,13H,5-9H2,1-4H3. The first-order chi connectivity index (χ1) is 9.22. The number of likely N-dealkylation sites (N-methyl/N-ethyl adjacent to an activating group) is 1. The summed E-state index contributed by atoms with van der Waals surface area (Å²) in [6, 6.07) is 0.736. The van der Waals surface area contributed by atoms with Crippen LogP contribution in [-0.2, 0) is 16.0 Å². The molecule has 0 fully saturated rings. The van der Waals surface area contributed by atoms with Crippen molar-refractivity contribution in [2.75, 3.05) is 45.4 Å². The van der Waals surface area contributed by atoms with E-state index in [0.717, 1.165) is 13.1 Å². The Bertz CT molecular complexity index is 345. The van der Waals surface area contributed by atoms with E-state index in [1.54, 1.807) is 14.2 Å². The second kappa shape index (κ2) is 8.84. The van der Waals surface area contributed by atoms with Gasteiger partial charge in [-0.2, -0.15) is 0 Å². The van der Waals surface area contributed by atoms with Crippen LogP contribution < -0.4 is 10.2 Å². The van der Waals surface area contributed by atoms with Gasteiger partial charge in [0.1, 0.15) is 0 Å². The van der Waals surface area contributed by atoms with Crippen molar-refractivity contribution in [2.24, 2.45) is 0 Å². The maximum Gasteiger partial charge on any atom is 0.318 e. The van der Waals surface area contributed by atoms with Gasteiger partial charge in [0, 0.05) is 27.3 Å². The van der Waals surface area contributed by atoms with Crippen molar-refractivity contribution in [2.45, 2.75) is 26.4 Å². The zero-order valence-electron chi connectivity index (χ0n) is 12.2. The number of anilines is 1. The minimum Gasteiger partial charge on any atom is -0.407 e. The topological polar surface area (TPSA) is 72.7 Å². The van der Waals surface area contributed by atoms with E-state index in [-0.39, 0.29) is 6.04 Å². The fraction of sp³-hybridized carbons (Fsp3) is 0.833. The van der Waals surface area contributed by atoms with Crippen molar-refractivity contribution in [1.29, 1.82) is 0 Å². The largest absolute Gasteiger partial charge is 0.407 e. The molecule has 1 unspecified atom stereocenters. The zero-order valence-corrected chi connectivity index (χ0v) is 12.2. The highest BCUT2D eigenvalue weighted by Gasteiger charge is 2.18. The second-order valence-electron chi connectivity index (χ2n) is 4.24. The first-order valence-electron chi connectivity index (χ1n) is 6.50. The van der Waals surface area contributed by atoms with Crippen LogP contribution >= 0.6 is 0 Å². The van der Waals surface area contributed by atoms with E-state index >= 15 is 0 Å². The molecule has 7 heteroatoms. The molecule has 7 nitrogen and oxygen atoms in total. The number of ether oxygens (including phenoxy) is 2. The van der Waals surface area contributed by atoms with E-state index in [9.17, 15) is 0 Å². The SMILES string of the molecule is CCN(c1nnc(CNCCOC)o1)C(C)COC. The molecule has 0 saturated carbocycles. The predicted octanol–water partition coefficient (Wildman–Crippen LogP) is 0.667. The van der Waals surface area contributed by atoms with E-state index in [2.05, 4.69) is 22.4 Å². The Kier molecular flexibility index (Phi) is 7.39. The molecule has 0 saturated heterocycles. The van der Waals surface area contributed by atoms with Crippen LogP contribution in [0.4, 0.5) is 6.01 Å². The molecular weight excluding hydrogens is 248 g/mol. The molecule has 0 radical (unpaired) electrons. The van der Waals surface area contributed by atoms with Gasteiger partial charge in [0.25, 0.3) is 0 Å². The first kappa shape index (κ1) is 15.9. The molecule has 1 N–H and O–H groups in total. The summed E-state index contributed by atoms with van der Waals surface area (Å²) in [5.74, 6) is 0.578. The quantitative estimate of drug-likeness (QED) is 0.627. The summed E-state index contributed by atoms with van der Waals surface area (Å²) >= 11 is 0. The molecule has 0 aliphatic rings. The smallest absolute Gasteiger partial charge is 0.318 e. The van der Waals surface area contributed by atoms with Gasteiger partial charge in [0.05, 0.1) is 25.8 Å². The molecule has 0 spiro atoms. The monoisotopic (exact) mass is 272 g/mol. The number of aromatic nitrogens is 2. The van der Waals surface area contributed by atoms with E-state index in [4.69, 9.17) is 13.9 Å². The highest BCUT2D eigenvalue weighted by atomic mass is 16.5. The van der Waals surface area contributed by atoms with Gasteiger partial charge in [-0.05, 0) is 13.8 Å². The minimum absolute atomic E-state index is 0.199. The summed E-state index contributed by atoms with van der Waals surface area (Å²) in [6.45, 7) is 7.49. The Balaban J connectivity index is 2.51. The molecule has 0 aliphatic heterocycles. The summed E-state index contributed by atoms with van der Waals surface area (Å²) in [5.41, 5.74) is 0. The summed E-state index contributed by atoms with van der Waals surface area (Å²) in [5, 5.41) is 11.3. The second-order valence-corrected chi connectivity index (χ2v) is 4.24. The van der Waals surface area contributed by atoms with Crippen LogP contribution in [0.1, 0.15) is 19.7 Å². The number of hydrogen-bond donors (Lipinski definition) is 1. The molecule has 1 heterocycles. The number of methoxy groups -OCH3 is 2. The van der Waals surface area contributed by atoms with Crippen LogP contribution in [0, 0.1) is 0 Å². The normalized spacial score (nSPS) is 12.6. The third-order valence-electron chi connectivity index (χ3n) is 2.74. The lowest BCUT2D eigenvalue weighted by atomic mass is 10.3. The van der Waals surface area contributed by atoms with Crippen LogP contribution in [-0.4, -0.2) is 56.8 Å². The Labute approximate surface area is 114 Å². The minimum atomic E-state index is 0.199. The summed E-state index contributed by atoms with van der Waals surface area (Å²) in [7, 11) is 3.35. The molecule has 1 aromatic heterocycles. The van der Waals surface area contributed by atoms with Crippen molar-refractivity contribution in [3.8, 4) is 0 Å². The van der Waals surface area contributed by atoms with Crippen molar-refractivity contribution < 1.29 is 13.9 Å². The van der Waals surface area contributed by atoms with Gasteiger partial charge >= 0.3 is 6.01 Å². The van der Waals surface area contributed by atoms with E-state index in [0.29, 0.717) is 31.7 Å². The fourth-order valence-electron chi connectivity index (χ4n) is 1.77. The maximum atomic E-state index is 5.63. The van der Waals surface area contributed by atoms with Crippen LogP contribution in [0.25, 0.3) is 0 Å². The third kappa shape index (κ3) is 5.14. The summed E-state index contributed by atoms with van der Waals surface area (Å²) < 4.78 is 15.7. The lowest BCUT2D eigenvalue weighted by Gasteiger charge is -2.24. The van der Waals surface area contributed by atoms with Gasteiger partial charge in [-0.15, -0.1) is 5.10 Å². The summed E-state index contributed by atoms with van der Waals surface area (Å²) in [6.07, 6.45) is 0. The van der Waals surface area contributed by atoms with Crippen LogP contribution in [0.15, 0.2) is 4.42 Å². The number of nitrogens with zero attached hydrogens (tertiary/aromatic N) is 3. The highest BCUT2D eigenvalue weighted by Crippen LogP contribution is 2.15. The number of hydrogen-bond acceptors (Lipinski definition) is 7. The van der Waals surface area contributed by atoms with Gasteiger partial charge in [0.2, 0.25) is 5.89 Å². The van der Waals surface area contributed by atoms with Gasteiger partial charge < -0.3 is 24.1 Å². The molecule has 1 atom stereocenters. The maximum absolute atomic E-state index is 5.63. The fourth-order valence-corrected chi connectivity index (χ4v) is 1.77. The Morgan fingerprint density at radius 3 is 2.74 bits per heavy atom. The van der Waals surface area contributed by atoms with E-state index in [1.807, 2.05) is 11.8 Å². The van der Waals surface area contributed by atoms with Crippen molar-refractivity contribution in [1.82, 2.24) is 15.5 Å². The van der Waals surface area contributed by atoms with Crippen molar-refractivity contribution in [3.05, 3.63) is 5.89 Å². The molecular formula is C12H24N4O3. The number of nitrogens with one attached hydrogen (secondary N) is 1. The number of rotatable bonds is 10. The Hall–Kier alpha value is -1.18. The van der Waals surface area contributed by atoms with E-state index < -0.39 is 0 Å². The van der Waals surface area contributed by atoms with Gasteiger partial charge in [0.15, 0.2) is 0 Å². The third-order valence-corrected chi connectivity index (χ3v) is 2.74. The summed E-state index contributed by atoms with van der Waals surface area (Å²) in [4.78, 5) is 2.02. The molecule has 1 aromatic rings. The lowest BCUT2D eigenvalue weighted by Crippen LogP contribution is -2.36. The lowest BCUT2D eigenvalue weighted by molar-refractivity contribution is 0.180. The Morgan fingerprint density at radius 2 is 2.11 bits per heavy atom. The van der Waals surface area contributed by atoms with Crippen molar-refractivity contribution >= 4 is 6.01 Å². The molecule has 0 amide bonds. The molecule has 110 valence electrons. The van der Waals surface area contributed by atoms with Gasteiger partial charge in [-0.25, -0.2) is 0 Å². The molecule has 1 rings (SSSR count). The molecule has 0 aliphatic carbocycles. The first-order valence-corrected chi connectivity index (χ1v) is 6.50. The average Bonchev–Trinajstić information content (AvgIpc) is 2.85. The molecule has 0 aromatic carbocycles. The highest BCUT2D eigenvalue weighted by molar-refractivity contribution is 5.25. The average molecular weight is 272 g/mol. The van der Waals surface area contributed by atoms with Gasteiger partial charge in [-0.1, -0.05) is 5.10 Å².